The molecule has 0 spiro atoms. The lowest BCUT2D eigenvalue weighted by Crippen LogP contribution is -2.23. The minimum absolute atomic E-state index is 0.0341. The van der Waals surface area contributed by atoms with Crippen LogP contribution in [0.15, 0.2) is 24.5 Å². The van der Waals surface area contributed by atoms with Crippen LogP contribution in [0.4, 0.5) is 11.4 Å². The number of nitrogens with one attached hydrogen (secondary N) is 1. The van der Waals surface area contributed by atoms with Crippen molar-refractivity contribution in [2.24, 2.45) is 7.05 Å². The van der Waals surface area contributed by atoms with Crippen LogP contribution in [0.2, 0.25) is 0 Å². The van der Waals surface area contributed by atoms with E-state index in [2.05, 4.69) is 64.1 Å². The smallest absolute Gasteiger partial charge is 0.307 e. The highest BCUT2D eigenvalue weighted by Gasteiger charge is 2.27. The number of nitrogens with zero attached hydrogens (tertiary/aromatic N) is 2. The Kier molecular flexibility index (Phi) is 4.98. The van der Waals surface area contributed by atoms with E-state index in [0.717, 1.165) is 28.1 Å². The highest BCUT2D eigenvalue weighted by atomic mass is 16.4. The summed E-state index contributed by atoms with van der Waals surface area (Å²) in [5.41, 5.74) is 4.60. The fraction of sp³-hybridized carbons (Fsp3) is 0.500. The summed E-state index contributed by atoms with van der Waals surface area (Å²) in [4.78, 5) is 11.5. The van der Waals surface area contributed by atoms with Crippen molar-refractivity contribution in [3.63, 3.8) is 0 Å². The minimum atomic E-state index is -0.802. The lowest BCUT2D eigenvalue weighted by Gasteiger charge is -2.31. The summed E-state index contributed by atoms with van der Waals surface area (Å²) >= 11 is 0. The van der Waals surface area contributed by atoms with Crippen LogP contribution >= 0.6 is 0 Å². The second-order valence-corrected chi connectivity index (χ2v) is 8.65. The number of aryl methyl sites for hydroxylation is 1. The van der Waals surface area contributed by atoms with E-state index in [-0.39, 0.29) is 17.3 Å². The fourth-order valence-corrected chi connectivity index (χ4v) is 3.08. The number of carboxylic acids is 1. The van der Waals surface area contributed by atoms with Crippen molar-refractivity contribution in [3.8, 4) is 0 Å². The summed E-state index contributed by atoms with van der Waals surface area (Å²) < 4.78 is 1.75. The van der Waals surface area contributed by atoms with E-state index in [1.165, 1.54) is 0 Å². The maximum atomic E-state index is 11.5. The quantitative estimate of drug-likeness (QED) is 0.864. The third kappa shape index (κ3) is 4.62. The Bertz CT molecular complexity index is 742. The molecule has 0 saturated heterocycles. The molecule has 2 N–H and O–H groups in total. The molecule has 2 rings (SSSR count). The number of carboxylic acid groups (broad SMARTS) is 1. The van der Waals surface area contributed by atoms with Crippen LogP contribution in [-0.4, -0.2) is 20.9 Å². The van der Waals surface area contributed by atoms with Gasteiger partial charge in [-0.3, -0.25) is 9.48 Å². The molecule has 25 heavy (non-hydrogen) atoms. The zero-order chi connectivity index (χ0) is 19.0. The first-order chi connectivity index (χ1) is 11.4. The number of hydrogen-bond acceptors (Lipinski definition) is 3. The molecule has 0 aliphatic carbocycles. The first kappa shape index (κ1) is 19.0. The zero-order valence-electron chi connectivity index (χ0n) is 16.3. The van der Waals surface area contributed by atoms with Gasteiger partial charge in [0.25, 0.3) is 0 Å². The number of aliphatic carboxylic acids is 1. The summed E-state index contributed by atoms with van der Waals surface area (Å²) in [7, 11) is 1.88. The van der Waals surface area contributed by atoms with Crippen LogP contribution < -0.4 is 5.32 Å². The molecule has 1 heterocycles. The summed E-state index contributed by atoms with van der Waals surface area (Å²) in [5.74, 6) is -0.802. The van der Waals surface area contributed by atoms with Gasteiger partial charge in [-0.1, -0.05) is 41.5 Å². The molecular weight excluding hydrogens is 314 g/mol. The molecule has 1 aromatic carbocycles. The average Bonchev–Trinajstić information content (AvgIpc) is 2.82. The molecule has 0 aliphatic heterocycles. The van der Waals surface area contributed by atoms with Crippen molar-refractivity contribution in [1.82, 2.24) is 9.78 Å². The monoisotopic (exact) mass is 343 g/mol. The molecule has 0 unspecified atom stereocenters. The Morgan fingerprint density at radius 1 is 1.08 bits per heavy atom. The molecule has 0 saturated carbocycles. The summed E-state index contributed by atoms with van der Waals surface area (Å²) in [5, 5.41) is 17.0. The van der Waals surface area contributed by atoms with Gasteiger partial charge in [0.2, 0.25) is 0 Å². The van der Waals surface area contributed by atoms with E-state index in [9.17, 15) is 9.90 Å². The predicted molar refractivity (Wildman–Crippen MR) is 102 cm³/mol. The van der Waals surface area contributed by atoms with E-state index < -0.39 is 5.97 Å². The Labute approximate surface area is 150 Å². The summed E-state index contributed by atoms with van der Waals surface area (Å²) in [6.45, 7) is 12.7. The maximum absolute atomic E-state index is 11.5. The third-order valence-corrected chi connectivity index (χ3v) is 4.19. The lowest BCUT2D eigenvalue weighted by atomic mass is 9.75. The van der Waals surface area contributed by atoms with Crippen molar-refractivity contribution >= 4 is 17.3 Å². The number of aromatic nitrogens is 2. The van der Waals surface area contributed by atoms with Gasteiger partial charge in [0.05, 0.1) is 18.3 Å². The minimum Gasteiger partial charge on any atom is -0.481 e. The van der Waals surface area contributed by atoms with Gasteiger partial charge in [0.15, 0.2) is 0 Å². The van der Waals surface area contributed by atoms with E-state index in [4.69, 9.17) is 0 Å². The number of benzene rings is 1. The van der Waals surface area contributed by atoms with Gasteiger partial charge >= 0.3 is 5.97 Å². The third-order valence-electron chi connectivity index (χ3n) is 4.19. The van der Waals surface area contributed by atoms with Crippen LogP contribution in [0.5, 0.6) is 0 Å². The molecule has 5 heteroatoms. The maximum Gasteiger partial charge on any atom is 0.307 e. The number of carbonyl (C=O) groups is 1. The molecule has 0 bridgehead atoms. The fourth-order valence-electron chi connectivity index (χ4n) is 3.08. The van der Waals surface area contributed by atoms with Gasteiger partial charge in [-0.05, 0) is 39.7 Å². The standard InChI is InChI=1S/C20H29N3O2/c1-19(2,3)16-8-13(22-14-11-21-23(7)12-14)9-17(20(4,5)6)15(16)10-18(24)25/h8-9,11-12,22H,10H2,1-7H3,(H,24,25). The second-order valence-electron chi connectivity index (χ2n) is 8.65. The number of hydrogen-bond donors (Lipinski definition) is 2. The number of rotatable bonds is 4. The summed E-state index contributed by atoms with van der Waals surface area (Å²) in [6.07, 6.45) is 3.73. The van der Waals surface area contributed by atoms with Gasteiger partial charge in [-0.2, -0.15) is 5.10 Å². The van der Waals surface area contributed by atoms with Gasteiger partial charge in [0.1, 0.15) is 0 Å². The van der Waals surface area contributed by atoms with E-state index in [1.54, 1.807) is 10.9 Å². The van der Waals surface area contributed by atoms with Gasteiger partial charge in [-0.15, -0.1) is 0 Å². The van der Waals surface area contributed by atoms with Gasteiger partial charge < -0.3 is 10.4 Å². The van der Waals surface area contributed by atoms with Gasteiger partial charge in [0, 0.05) is 18.9 Å². The molecular formula is C20H29N3O2. The Hall–Kier alpha value is -2.30. The molecule has 5 nitrogen and oxygen atoms in total. The SMILES string of the molecule is Cn1cc(Nc2cc(C(C)(C)C)c(CC(=O)O)c(C(C)(C)C)c2)cn1. The molecule has 0 aliphatic rings. The molecule has 0 radical (unpaired) electrons. The molecule has 1 aromatic heterocycles. The Balaban J connectivity index is 2.65. The Morgan fingerprint density at radius 2 is 1.60 bits per heavy atom. The molecule has 0 amide bonds. The lowest BCUT2D eigenvalue weighted by molar-refractivity contribution is -0.136. The van der Waals surface area contributed by atoms with Crippen LogP contribution in [0.3, 0.4) is 0 Å². The normalized spacial score (nSPS) is 12.3. The van der Waals surface area contributed by atoms with Crippen molar-refractivity contribution in [2.45, 2.75) is 58.8 Å². The highest BCUT2D eigenvalue weighted by Crippen LogP contribution is 2.37. The van der Waals surface area contributed by atoms with Crippen molar-refractivity contribution < 1.29 is 9.90 Å². The van der Waals surface area contributed by atoms with E-state index >= 15 is 0 Å². The van der Waals surface area contributed by atoms with Crippen molar-refractivity contribution in [2.75, 3.05) is 5.32 Å². The summed E-state index contributed by atoms with van der Waals surface area (Å²) in [6, 6.07) is 4.14. The molecule has 0 fully saturated rings. The van der Waals surface area contributed by atoms with E-state index in [1.807, 2.05) is 13.2 Å². The van der Waals surface area contributed by atoms with Gasteiger partial charge in [-0.25, -0.2) is 0 Å². The second kappa shape index (κ2) is 6.54. The molecule has 2 aromatic rings. The topological polar surface area (TPSA) is 67.2 Å². The van der Waals surface area contributed by atoms with Crippen molar-refractivity contribution in [1.29, 1.82) is 0 Å². The van der Waals surface area contributed by atoms with Crippen molar-refractivity contribution in [3.05, 3.63) is 41.2 Å². The molecule has 0 atom stereocenters. The zero-order valence-corrected chi connectivity index (χ0v) is 16.3. The van der Waals surface area contributed by atoms with Crippen LogP contribution in [0.25, 0.3) is 0 Å². The van der Waals surface area contributed by atoms with E-state index in [0.29, 0.717) is 0 Å². The largest absolute Gasteiger partial charge is 0.481 e. The predicted octanol–water partition coefficient (Wildman–Crippen LogP) is 4.39. The molecule has 136 valence electrons. The van der Waals surface area contributed by atoms with Crippen LogP contribution in [0, 0.1) is 0 Å². The van der Waals surface area contributed by atoms with Crippen LogP contribution in [-0.2, 0) is 29.1 Å². The first-order valence-corrected chi connectivity index (χ1v) is 8.53. The number of anilines is 2. The van der Waals surface area contributed by atoms with Crippen LogP contribution in [0.1, 0.15) is 58.2 Å². The Morgan fingerprint density at radius 3 is 1.96 bits per heavy atom. The highest BCUT2D eigenvalue weighted by molar-refractivity contribution is 5.74. The average molecular weight is 343 g/mol. The first-order valence-electron chi connectivity index (χ1n) is 8.53.